The minimum Gasteiger partial charge on any atom is -0.318 e. The molecule has 1 aromatic rings. The first-order valence-corrected chi connectivity index (χ1v) is 5.63. The van der Waals surface area contributed by atoms with E-state index < -0.39 is 0 Å². The molecule has 0 saturated carbocycles. The van der Waals surface area contributed by atoms with E-state index in [1.165, 1.54) is 0 Å². The molecule has 0 aromatic carbocycles. The average Bonchev–Trinajstić information content (AvgIpc) is 2.87. The number of hydrogen-bond donors (Lipinski definition) is 1. The first kappa shape index (κ1) is 16.1. The third-order valence-electron chi connectivity index (χ3n) is 2.28. The summed E-state index contributed by atoms with van der Waals surface area (Å²) in [7, 11) is 0. The molecule has 2 rings (SSSR count). The zero-order chi connectivity index (χ0) is 12.8. The second-order valence-electron chi connectivity index (χ2n) is 4.31. The van der Waals surface area contributed by atoms with Crippen molar-refractivity contribution >= 4 is 6.34 Å². The summed E-state index contributed by atoms with van der Waals surface area (Å²) in [4.78, 5) is 1.97. The smallest absolute Gasteiger partial charge is 0.120 e. The van der Waals surface area contributed by atoms with Crippen LogP contribution in [0.5, 0.6) is 0 Å². The lowest BCUT2D eigenvalue weighted by Gasteiger charge is -2.18. The normalized spacial score (nSPS) is 13.2. The van der Waals surface area contributed by atoms with E-state index in [1.807, 2.05) is 9.47 Å². The van der Waals surface area contributed by atoms with Crippen LogP contribution in [0.2, 0.25) is 0 Å². The van der Waals surface area contributed by atoms with Gasteiger partial charge in [0.2, 0.25) is 0 Å². The molecule has 18 heavy (non-hydrogen) atoms. The highest BCUT2D eigenvalue weighted by molar-refractivity contribution is 5.60. The Balaban J connectivity index is 0.000000306. The number of hydrazone groups is 1. The van der Waals surface area contributed by atoms with Crippen molar-refractivity contribution in [2.75, 3.05) is 0 Å². The molecule has 0 fully saturated rings. The lowest BCUT2D eigenvalue weighted by atomic mass is 10.3. The van der Waals surface area contributed by atoms with Crippen molar-refractivity contribution in [2.24, 2.45) is 5.10 Å². The Kier molecular flexibility index (Phi) is 6.70. The van der Waals surface area contributed by atoms with Crippen molar-refractivity contribution in [3.8, 4) is 0 Å². The topological polar surface area (TPSA) is 58.3 Å². The van der Waals surface area contributed by atoms with Gasteiger partial charge in [-0.25, -0.2) is 0 Å². The zero-order valence-electron chi connectivity index (χ0n) is 10.8. The molecule has 0 radical (unpaired) electrons. The van der Waals surface area contributed by atoms with Gasteiger partial charge < -0.3 is 9.47 Å². The molecular weight excluding hydrogens is 228 g/mol. The average molecular weight is 252 g/mol. The molecule has 0 unspecified atom stereocenters. The van der Waals surface area contributed by atoms with E-state index in [0.29, 0.717) is 12.1 Å². The Labute approximate surface area is 109 Å². The van der Waals surface area contributed by atoms with Crippen LogP contribution in [0.15, 0.2) is 30.2 Å². The van der Waals surface area contributed by atoms with Gasteiger partial charge >= 0.3 is 0 Å². The van der Waals surface area contributed by atoms with Gasteiger partial charge in [-0.1, -0.05) is 14.0 Å². The van der Waals surface area contributed by atoms with Crippen molar-refractivity contribution in [3.05, 3.63) is 25.1 Å². The molecule has 0 amide bonds. The van der Waals surface area contributed by atoms with Crippen LogP contribution in [-0.4, -0.2) is 32.0 Å². The van der Waals surface area contributed by atoms with Gasteiger partial charge in [0.05, 0.1) is 0 Å². The maximum atomic E-state index is 3.82. The summed E-state index contributed by atoms with van der Waals surface area (Å²) < 4.78 is 1.94. The summed E-state index contributed by atoms with van der Waals surface area (Å²) in [6.07, 6.45) is 5.17. The molecule has 1 aliphatic heterocycles. The first-order chi connectivity index (χ1) is 8.02. The summed E-state index contributed by atoms with van der Waals surface area (Å²) in [5.74, 6) is 0.852. The van der Waals surface area contributed by atoms with Crippen LogP contribution in [-0.2, 0) is 0 Å². The molecule has 0 bridgehead atoms. The summed E-state index contributed by atoms with van der Waals surface area (Å²) >= 11 is 0. The molecule has 0 atom stereocenters. The van der Waals surface area contributed by atoms with Crippen molar-refractivity contribution in [2.45, 2.75) is 47.2 Å². The Morgan fingerprint density at radius 1 is 1.11 bits per heavy atom. The van der Waals surface area contributed by atoms with Gasteiger partial charge in [-0.3, -0.25) is 5.43 Å². The fraction of sp³-hybridized carbons (Fsp3) is 0.583. The molecular formula is C12H24N6. The third kappa shape index (κ3) is 4.57. The maximum Gasteiger partial charge on any atom is 0.120 e. The van der Waals surface area contributed by atoms with Crippen LogP contribution in [0.1, 0.15) is 41.2 Å². The van der Waals surface area contributed by atoms with E-state index in [2.05, 4.69) is 55.0 Å². The van der Waals surface area contributed by atoms with Gasteiger partial charge in [0.1, 0.15) is 24.8 Å². The molecule has 2 heterocycles. The van der Waals surface area contributed by atoms with Crippen molar-refractivity contribution in [1.29, 1.82) is 0 Å². The fourth-order valence-corrected chi connectivity index (χ4v) is 1.21. The van der Waals surface area contributed by atoms with E-state index in [-0.39, 0.29) is 7.43 Å². The molecule has 102 valence electrons. The largest absolute Gasteiger partial charge is 0.318 e. The summed E-state index contributed by atoms with van der Waals surface area (Å²) in [5.41, 5.74) is 2.75. The van der Waals surface area contributed by atoms with Gasteiger partial charge in [0, 0.05) is 12.1 Å². The highest BCUT2D eigenvalue weighted by atomic mass is 15.5. The van der Waals surface area contributed by atoms with Crippen LogP contribution in [0.3, 0.4) is 0 Å². The first-order valence-electron chi connectivity index (χ1n) is 5.63. The lowest BCUT2D eigenvalue weighted by Crippen LogP contribution is -2.27. The van der Waals surface area contributed by atoms with Crippen LogP contribution < -0.4 is 5.43 Å². The number of nitrogens with one attached hydrogen (secondary N) is 1. The molecule has 0 saturated heterocycles. The molecule has 1 N–H and O–H groups in total. The van der Waals surface area contributed by atoms with E-state index >= 15 is 0 Å². The van der Waals surface area contributed by atoms with Crippen LogP contribution in [0, 0.1) is 0 Å². The number of aromatic nitrogens is 3. The summed E-state index contributed by atoms with van der Waals surface area (Å²) in [6, 6.07) is 0.918. The molecule has 6 heteroatoms. The van der Waals surface area contributed by atoms with Gasteiger partial charge in [-0.2, -0.15) is 5.10 Å². The third-order valence-corrected chi connectivity index (χ3v) is 2.28. The molecule has 0 aliphatic carbocycles. The number of nitrogens with zero attached hydrogens (tertiary/aromatic N) is 5. The number of rotatable bonds is 2. The van der Waals surface area contributed by atoms with Gasteiger partial charge in [-0.15, -0.1) is 10.2 Å². The highest BCUT2D eigenvalue weighted by Gasteiger charge is 2.11. The Bertz CT molecular complexity index is 366. The molecule has 0 spiro atoms. The van der Waals surface area contributed by atoms with Crippen LogP contribution in [0.25, 0.3) is 0 Å². The van der Waals surface area contributed by atoms with Gasteiger partial charge in [0.25, 0.3) is 0 Å². The van der Waals surface area contributed by atoms with E-state index in [1.54, 1.807) is 19.0 Å². The van der Waals surface area contributed by atoms with Crippen molar-refractivity contribution in [1.82, 2.24) is 25.1 Å². The standard InChI is InChI=1S/C6H11N3.C5H9N3.CH4/c1-5(2)9-4-7-8-6(9)3;1-5(2)8-3-6-7-4-8;/h4-5,8H,3H2,1-2H3;3-5H,1-2H3;1H4. The van der Waals surface area contributed by atoms with Crippen molar-refractivity contribution < 1.29 is 0 Å². The number of hydrogen-bond acceptors (Lipinski definition) is 5. The maximum absolute atomic E-state index is 3.82. The minimum atomic E-state index is 0. The molecule has 1 aliphatic rings. The summed E-state index contributed by atoms with van der Waals surface area (Å²) in [6.45, 7) is 12.1. The lowest BCUT2D eigenvalue weighted by molar-refractivity contribution is 0.435. The second-order valence-corrected chi connectivity index (χ2v) is 4.31. The van der Waals surface area contributed by atoms with Gasteiger partial charge in [0.15, 0.2) is 0 Å². The second kappa shape index (κ2) is 7.47. The van der Waals surface area contributed by atoms with Gasteiger partial charge in [-0.05, 0) is 27.7 Å². The Hall–Kier alpha value is -1.85. The fourth-order valence-electron chi connectivity index (χ4n) is 1.21. The monoisotopic (exact) mass is 252 g/mol. The van der Waals surface area contributed by atoms with E-state index in [4.69, 9.17) is 0 Å². The Morgan fingerprint density at radius 2 is 1.67 bits per heavy atom. The minimum absolute atomic E-state index is 0. The predicted octanol–water partition coefficient (Wildman–Crippen LogP) is 2.21. The van der Waals surface area contributed by atoms with E-state index in [0.717, 1.165) is 5.82 Å². The molecule has 1 aromatic heterocycles. The highest BCUT2D eigenvalue weighted by Crippen LogP contribution is 2.05. The predicted molar refractivity (Wildman–Crippen MR) is 74.9 cm³/mol. The molecule has 6 nitrogen and oxygen atoms in total. The summed E-state index contributed by atoms with van der Waals surface area (Å²) in [5, 5.41) is 11.1. The SMILES string of the molecule is C.C=C1NN=CN1C(C)C.CC(C)n1cnnc1. The van der Waals surface area contributed by atoms with E-state index in [9.17, 15) is 0 Å². The Morgan fingerprint density at radius 3 is 1.89 bits per heavy atom. The quantitative estimate of drug-likeness (QED) is 0.876. The zero-order valence-corrected chi connectivity index (χ0v) is 10.8. The van der Waals surface area contributed by atoms with Crippen LogP contribution >= 0.6 is 0 Å². The van der Waals surface area contributed by atoms with Crippen LogP contribution in [0.4, 0.5) is 0 Å². The van der Waals surface area contributed by atoms with Crippen molar-refractivity contribution in [3.63, 3.8) is 0 Å².